The SMILES string of the molecule is CNS(=O)(=O)c1cc(C(=O)NCc2ccccn2)cc(C)c1C. The van der Waals surface area contributed by atoms with Gasteiger partial charge in [0.15, 0.2) is 0 Å². The number of nitrogens with one attached hydrogen (secondary N) is 2. The maximum absolute atomic E-state index is 12.3. The van der Waals surface area contributed by atoms with Crippen LogP contribution < -0.4 is 10.0 Å². The Morgan fingerprint density at radius 1 is 1.22 bits per heavy atom. The molecular formula is C16H19N3O3S. The number of carbonyl (C=O) groups excluding carboxylic acids is 1. The van der Waals surface area contributed by atoms with E-state index in [4.69, 9.17) is 0 Å². The summed E-state index contributed by atoms with van der Waals surface area (Å²) in [5.74, 6) is -0.341. The van der Waals surface area contributed by atoms with Crippen LogP contribution in [-0.4, -0.2) is 26.4 Å². The number of amides is 1. The highest BCUT2D eigenvalue weighted by atomic mass is 32.2. The number of carbonyl (C=O) groups is 1. The monoisotopic (exact) mass is 333 g/mol. The molecule has 0 fully saturated rings. The second-order valence-corrected chi connectivity index (χ2v) is 6.98. The van der Waals surface area contributed by atoms with E-state index < -0.39 is 10.0 Å². The summed E-state index contributed by atoms with van der Waals surface area (Å²) in [6.45, 7) is 3.77. The zero-order valence-corrected chi connectivity index (χ0v) is 14.1. The van der Waals surface area contributed by atoms with Crippen LogP contribution in [0.15, 0.2) is 41.4 Å². The van der Waals surface area contributed by atoms with Crippen molar-refractivity contribution in [1.82, 2.24) is 15.0 Å². The predicted octanol–water partition coefficient (Wildman–Crippen LogP) is 1.54. The zero-order valence-electron chi connectivity index (χ0n) is 13.3. The van der Waals surface area contributed by atoms with E-state index >= 15 is 0 Å². The lowest BCUT2D eigenvalue weighted by Gasteiger charge is -2.12. The van der Waals surface area contributed by atoms with E-state index in [0.717, 1.165) is 11.3 Å². The largest absolute Gasteiger partial charge is 0.346 e. The molecule has 6 nitrogen and oxygen atoms in total. The normalized spacial score (nSPS) is 11.3. The number of aryl methyl sites for hydroxylation is 1. The van der Waals surface area contributed by atoms with Gasteiger partial charge in [-0.3, -0.25) is 9.78 Å². The zero-order chi connectivity index (χ0) is 17.0. The van der Waals surface area contributed by atoms with Gasteiger partial charge in [0.25, 0.3) is 5.91 Å². The fourth-order valence-electron chi connectivity index (χ4n) is 2.12. The summed E-state index contributed by atoms with van der Waals surface area (Å²) in [5, 5.41) is 2.74. The van der Waals surface area contributed by atoms with Crippen molar-refractivity contribution in [2.24, 2.45) is 0 Å². The van der Waals surface area contributed by atoms with Gasteiger partial charge in [0.05, 0.1) is 17.1 Å². The van der Waals surface area contributed by atoms with Crippen molar-refractivity contribution in [3.63, 3.8) is 0 Å². The molecule has 23 heavy (non-hydrogen) atoms. The van der Waals surface area contributed by atoms with E-state index in [1.807, 2.05) is 6.07 Å². The lowest BCUT2D eigenvalue weighted by Crippen LogP contribution is -2.25. The van der Waals surface area contributed by atoms with Crippen molar-refractivity contribution >= 4 is 15.9 Å². The van der Waals surface area contributed by atoms with Gasteiger partial charge in [-0.05, 0) is 56.3 Å². The fourth-order valence-corrected chi connectivity index (χ4v) is 3.19. The number of hydrogen-bond acceptors (Lipinski definition) is 4. The molecule has 0 aliphatic rings. The maximum atomic E-state index is 12.3. The first kappa shape index (κ1) is 17.1. The van der Waals surface area contributed by atoms with Gasteiger partial charge in [-0.15, -0.1) is 0 Å². The summed E-state index contributed by atoms with van der Waals surface area (Å²) in [7, 11) is -2.27. The third-order valence-electron chi connectivity index (χ3n) is 3.60. The molecule has 0 saturated carbocycles. The molecule has 1 aromatic heterocycles. The number of nitrogens with zero attached hydrogens (tertiary/aromatic N) is 1. The van der Waals surface area contributed by atoms with Gasteiger partial charge >= 0.3 is 0 Å². The average Bonchev–Trinajstić information content (AvgIpc) is 2.55. The molecule has 2 rings (SSSR count). The minimum absolute atomic E-state index is 0.114. The van der Waals surface area contributed by atoms with Gasteiger partial charge in [-0.1, -0.05) is 6.07 Å². The summed E-state index contributed by atoms with van der Waals surface area (Å²) in [5.41, 5.74) is 2.40. The first-order valence-electron chi connectivity index (χ1n) is 7.08. The highest BCUT2D eigenvalue weighted by molar-refractivity contribution is 7.89. The second-order valence-electron chi connectivity index (χ2n) is 5.13. The molecule has 0 aliphatic heterocycles. The van der Waals surface area contributed by atoms with E-state index in [-0.39, 0.29) is 17.3 Å². The summed E-state index contributed by atoms with van der Waals surface area (Å²) in [4.78, 5) is 16.5. The molecule has 2 aromatic rings. The van der Waals surface area contributed by atoms with Crippen molar-refractivity contribution in [2.45, 2.75) is 25.3 Å². The molecule has 0 radical (unpaired) electrons. The molecule has 1 amide bonds. The van der Waals surface area contributed by atoms with Gasteiger partial charge in [-0.25, -0.2) is 13.1 Å². The van der Waals surface area contributed by atoms with Crippen molar-refractivity contribution in [1.29, 1.82) is 0 Å². The summed E-state index contributed by atoms with van der Waals surface area (Å²) in [6.07, 6.45) is 1.65. The minimum atomic E-state index is -3.62. The lowest BCUT2D eigenvalue weighted by atomic mass is 10.1. The molecule has 122 valence electrons. The van der Waals surface area contributed by atoms with E-state index in [1.54, 1.807) is 38.2 Å². The van der Waals surface area contributed by atoms with Gasteiger partial charge in [-0.2, -0.15) is 0 Å². The van der Waals surface area contributed by atoms with E-state index in [9.17, 15) is 13.2 Å². The van der Waals surface area contributed by atoms with Crippen LogP contribution in [0.3, 0.4) is 0 Å². The van der Waals surface area contributed by atoms with Crippen molar-refractivity contribution in [2.75, 3.05) is 7.05 Å². The topological polar surface area (TPSA) is 88.2 Å². The second kappa shape index (κ2) is 6.89. The first-order chi connectivity index (χ1) is 10.8. The van der Waals surface area contributed by atoms with Gasteiger partial charge in [0, 0.05) is 11.8 Å². The Kier molecular flexibility index (Phi) is 5.12. The highest BCUT2D eigenvalue weighted by Gasteiger charge is 2.19. The van der Waals surface area contributed by atoms with Gasteiger partial charge in [0.2, 0.25) is 10.0 Å². The standard InChI is InChI=1S/C16H19N3O3S/c1-11-8-13(9-15(12(11)2)23(21,22)17-3)16(20)19-10-14-6-4-5-7-18-14/h4-9,17H,10H2,1-3H3,(H,19,20). The number of aromatic nitrogens is 1. The highest BCUT2D eigenvalue weighted by Crippen LogP contribution is 2.21. The summed E-state index contributed by atoms with van der Waals surface area (Å²) in [6, 6.07) is 8.50. The summed E-state index contributed by atoms with van der Waals surface area (Å²) < 4.78 is 26.4. The number of benzene rings is 1. The fraction of sp³-hybridized carbons (Fsp3) is 0.250. The van der Waals surface area contributed by atoms with Crippen molar-refractivity contribution in [3.05, 3.63) is 58.9 Å². The molecule has 7 heteroatoms. The Bertz CT molecular complexity index is 818. The summed E-state index contributed by atoms with van der Waals surface area (Å²) >= 11 is 0. The molecular weight excluding hydrogens is 314 g/mol. The molecule has 0 aliphatic carbocycles. The average molecular weight is 333 g/mol. The van der Waals surface area contributed by atoms with Crippen LogP contribution in [0.1, 0.15) is 27.2 Å². The number of pyridine rings is 1. The molecule has 0 atom stereocenters. The number of sulfonamides is 1. The smallest absolute Gasteiger partial charge is 0.251 e. The van der Waals surface area contributed by atoms with Crippen LogP contribution in [0, 0.1) is 13.8 Å². The molecule has 0 spiro atoms. The lowest BCUT2D eigenvalue weighted by molar-refractivity contribution is 0.0950. The van der Waals surface area contributed by atoms with Crippen LogP contribution in [0.4, 0.5) is 0 Å². The van der Waals surface area contributed by atoms with Crippen LogP contribution in [0.25, 0.3) is 0 Å². The van der Waals surface area contributed by atoms with Gasteiger partial charge < -0.3 is 5.32 Å². The minimum Gasteiger partial charge on any atom is -0.346 e. The van der Waals surface area contributed by atoms with Crippen LogP contribution in [-0.2, 0) is 16.6 Å². The van der Waals surface area contributed by atoms with Crippen LogP contribution in [0.2, 0.25) is 0 Å². The quantitative estimate of drug-likeness (QED) is 0.869. The molecule has 0 saturated heterocycles. The maximum Gasteiger partial charge on any atom is 0.251 e. The van der Waals surface area contributed by atoms with E-state index in [2.05, 4.69) is 15.0 Å². The Morgan fingerprint density at radius 2 is 1.96 bits per heavy atom. The molecule has 1 aromatic carbocycles. The Balaban J connectivity index is 2.27. The Labute approximate surface area is 136 Å². The predicted molar refractivity (Wildman–Crippen MR) is 87.6 cm³/mol. The van der Waals surface area contributed by atoms with Crippen LogP contribution >= 0.6 is 0 Å². The Hall–Kier alpha value is -2.25. The number of rotatable bonds is 5. The molecule has 0 bridgehead atoms. The van der Waals surface area contributed by atoms with Crippen molar-refractivity contribution in [3.8, 4) is 0 Å². The first-order valence-corrected chi connectivity index (χ1v) is 8.56. The van der Waals surface area contributed by atoms with Gasteiger partial charge in [0.1, 0.15) is 0 Å². The Morgan fingerprint density at radius 3 is 2.57 bits per heavy atom. The third kappa shape index (κ3) is 3.94. The number of hydrogen-bond donors (Lipinski definition) is 2. The third-order valence-corrected chi connectivity index (χ3v) is 5.14. The van der Waals surface area contributed by atoms with Crippen molar-refractivity contribution < 1.29 is 13.2 Å². The van der Waals surface area contributed by atoms with E-state index in [0.29, 0.717) is 11.1 Å². The molecule has 1 heterocycles. The van der Waals surface area contributed by atoms with Crippen LogP contribution in [0.5, 0.6) is 0 Å². The van der Waals surface area contributed by atoms with E-state index in [1.165, 1.54) is 13.1 Å². The molecule has 2 N–H and O–H groups in total. The molecule has 0 unspecified atom stereocenters.